The Bertz CT molecular complexity index is 971. The molecule has 2 saturated heterocycles. The summed E-state index contributed by atoms with van der Waals surface area (Å²) in [6, 6.07) is 8.61. The molecule has 8 heteroatoms. The molecule has 2 aromatic rings. The van der Waals surface area contributed by atoms with Crippen molar-refractivity contribution in [3.63, 3.8) is 0 Å². The molecule has 1 aromatic heterocycles. The summed E-state index contributed by atoms with van der Waals surface area (Å²) in [5.74, 6) is 0.613. The number of primary amides is 1. The van der Waals surface area contributed by atoms with E-state index in [1.807, 2.05) is 30.9 Å². The van der Waals surface area contributed by atoms with Gasteiger partial charge < -0.3 is 20.3 Å². The number of aryl methyl sites for hydroxylation is 3. The largest absolute Gasteiger partial charge is 0.467 e. The van der Waals surface area contributed by atoms with Crippen LogP contribution in [0.15, 0.2) is 24.3 Å². The van der Waals surface area contributed by atoms with E-state index < -0.39 is 0 Å². The molecule has 8 nitrogen and oxygen atoms in total. The number of carbonyl (C=O) groups excluding carboxylic acids is 2. The Hall–Kier alpha value is -3.16. The van der Waals surface area contributed by atoms with Crippen LogP contribution in [0.3, 0.4) is 0 Å². The summed E-state index contributed by atoms with van der Waals surface area (Å²) in [5, 5.41) is 0. The third-order valence-electron chi connectivity index (χ3n) is 6.36. The summed E-state index contributed by atoms with van der Waals surface area (Å²) in [5.41, 5.74) is 9.46. The van der Waals surface area contributed by atoms with Crippen LogP contribution in [0.1, 0.15) is 33.7 Å². The molecule has 0 radical (unpaired) electrons. The van der Waals surface area contributed by atoms with Crippen molar-refractivity contribution >= 4 is 17.5 Å². The number of benzene rings is 1. The lowest BCUT2D eigenvalue weighted by atomic mass is 10.0. The number of hydrogen-bond acceptors (Lipinski definition) is 6. The fourth-order valence-corrected chi connectivity index (χ4v) is 4.79. The smallest absolute Gasteiger partial charge is 0.316 e. The zero-order valence-corrected chi connectivity index (χ0v) is 18.3. The molecule has 0 bridgehead atoms. The lowest BCUT2D eigenvalue weighted by molar-refractivity contribution is -0.117. The first-order chi connectivity index (χ1) is 14.9. The standard InChI is InChI=1S/C23H29N5O3/c1-14-21(15(2)26-23(25-14)31-3)22(30)28-12-17-10-27(11-18(17)13-28)19-6-4-5-16(9-19)7-8-20(24)29/h4-6,9,17-18H,7-8,10-13H2,1-3H3,(H2,24,29). The van der Waals surface area contributed by atoms with Crippen molar-refractivity contribution in [3.05, 3.63) is 46.8 Å². The van der Waals surface area contributed by atoms with E-state index in [1.54, 1.807) is 0 Å². The number of anilines is 1. The number of rotatable bonds is 6. The van der Waals surface area contributed by atoms with Crippen LogP contribution in [0.5, 0.6) is 6.01 Å². The molecule has 2 atom stereocenters. The van der Waals surface area contributed by atoms with Crippen LogP contribution < -0.4 is 15.4 Å². The second-order valence-corrected chi connectivity index (χ2v) is 8.53. The van der Waals surface area contributed by atoms with Gasteiger partial charge >= 0.3 is 6.01 Å². The summed E-state index contributed by atoms with van der Waals surface area (Å²) in [4.78, 5) is 37.2. The predicted octanol–water partition coefficient (Wildman–Crippen LogP) is 1.73. The van der Waals surface area contributed by atoms with Crippen molar-refractivity contribution in [2.75, 3.05) is 38.2 Å². The van der Waals surface area contributed by atoms with E-state index >= 15 is 0 Å². The van der Waals surface area contributed by atoms with Crippen molar-refractivity contribution in [1.29, 1.82) is 0 Å². The quantitative estimate of drug-likeness (QED) is 0.759. The second kappa shape index (κ2) is 8.53. The number of nitrogens with two attached hydrogens (primary N) is 1. The molecule has 0 saturated carbocycles. The molecule has 2 N–H and O–H groups in total. The van der Waals surface area contributed by atoms with Gasteiger partial charge in [-0.1, -0.05) is 12.1 Å². The first-order valence-corrected chi connectivity index (χ1v) is 10.7. The fourth-order valence-electron chi connectivity index (χ4n) is 4.79. The average molecular weight is 424 g/mol. The van der Waals surface area contributed by atoms with Gasteiger partial charge in [-0.25, -0.2) is 0 Å². The predicted molar refractivity (Wildman–Crippen MR) is 117 cm³/mol. The van der Waals surface area contributed by atoms with Crippen molar-refractivity contribution in [3.8, 4) is 6.01 Å². The minimum absolute atomic E-state index is 0.00653. The maximum atomic E-state index is 13.2. The van der Waals surface area contributed by atoms with Crippen LogP contribution in [-0.4, -0.2) is 60.0 Å². The SMILES string of the molecule is COc1nc(C)c(C(=O)N2CC3CN(c4cccc(CCC(N)=O)c4)CC3C2)c(C)n1. The average Bonchev–Trinajstić information content (AvgIpc) is 3.31. The molecule has 0 spiro atoms. The lowest BCUT2D eigenvalue weighted by Crippen LogP contribution is -2.34. The molecule has 2 unspecified atom stereocenters. The van der Waals surface area contributed by atoms with Crippen molar-refractivity contribution < 1.29 is 14.3 Å². The Kier molecular flexibility index (Phi) is 5.80. The molecule has 4 rings (SSSR count). The van der Waals surface area contributed by atoms with E-state index in [0.29, 0.717) is 47.6 Å². The highest BCUT2D eigenvalue weighted by atomic mass is 16.5. The van der Waals surface area contributed by atoms with Crippen LogP contribution >= 0.6 is 0 Å². The van der Waals surface area contributed by atoms with Gasteiger partial charge in [0, 0.05) is 50.1 Å². The number of ether oxygens (including phenoxy) is 1. The van der Waals surface area contributed by atoms with Crippen LogP contribution in [0, 0.1) is 25.7 Å². The molecule has 1 aromatic carbocycles. The highest BCUT2D eigenvalue weighted by molar-refractivity contribution is 5.96. The Balaban J connectivity index is 1.41. The number of fused-ring (bicyclic) bond motifs is 1. The second-order valence-electron chi connectivity index (χ2n) is 8.53. The van der Waals surface area contributed by atoms with Crippen LogP contribution in [0.25, 0.3) is 0 Å². The van der Waals surface area contributed by atoms with Gasteiger partial charge in [0.25, 0.3) is 5.91 Å². The van der Waals surface area contributed by atoms with Crippen molar-refractivity contribution in [1.82, 2.24) is 14.9 Å². The third kappa shape index (κ3) is 4.33. The minimum atomic E-state index is -0.279. The van der Waals surface area contributed by atoms with Crippen molar-refractivity contribution in [2.45, 2.75) is 26.7 Å². The van der Waals surface area contributed by atoms with Gasteiger partial charge in [-0.2, -0.15) is 9.97 Å². The van der Waals surface area contributed by atoms with Crippen LogP contribution in [0.2, 0.25) is 0 Å². The van der Waals surface area contributed by atoms with E-state index in [2.05, 4.69) is 27.0 Å². The summed E-state index contributed by atoms with van der Waals surface area (Å²) < 4.78 is 5.11. The first kappa shape index (κ1) is 21.1. The number of aromatic nitrogens is 2. The summed E-state index contributed by atoms with van der Waals surface area (Å²) in [6.07, 6.45) is 1.02. The normalized spacial score (nSPS) is 20.1. The van der Waals surface area contributed by atoms with Gasteiger partial charge in [0.05, 0.1) is 24.1 Å². The maximum Gasteiger partial charge on any atom is 0.316 e. The van der Waals surface area contributed by atoms with Crippen LogP contribution in [-0.2, 0) is 11.2 Å². The van der Waals surface area contributed by atoms with Gasteiger partial charge in [0.2, 0.25) is 5.91 Å². The molecule has 2 fully saturated rings. The molecule has 164 valence electrons. The Morgan fingerprint density at radius 1 is 1.10 bits per heavy atom. The number of carbonyl (C=O) groups is 2. The summed E-state index contributed by atoms with van der Waals surface area (Å²) in [6.45, 7) is 6.98. The van der Waals surface area contributed by atoms with E-state index in [9.17, 15) is 9.59 Å². The van der Waals surface area contributed by atoms with E-state index in [0.717, 1.165) is 31.7 Å². The van der Waals surface area contributed by atoms with Gasteiger partial charge in [0.15, 0.2) is 0 Å². The summed E-state index contributed by atoms with van der Waals surface area (Å²) in [7, 11) is 1.52. The zero-order valence-electron chi connectivity index (χ0n) is 18.3. The fraction of sp³-hybridized carbons (Fsp3) is 0.478. The minimum Gasteiger partial charge on any atom is -0.467 e. The third-order valence-corrected chi connectivity index (χ3v) is 6.36. The van der Waals surface area contributed by atoms with E-state index in [4.69, 9.17) is 10.5 Å². The lowest BCUT2D eigenvalue weighted by Gasteiger charge is -2.24. The number of hydrogen-bond donors (Lipinski definition) is 1. The molecular formula is C23H29N5O3. The molecular weight excluding hydrogens is 394 g/mol. The Labute approximate surface area is 182 Å². The monoisotopic (exact) mass is 423 g/mol. The van der Waals surface area contributed by atoms with Crippen LogP contribution in [0.4, 0.5) is 5.69 Å². The number of amides is 2. The van der Waals surface area contributed by atoms with Gasteiger partial charge in [-0.3, -0.25) is 9.59 Å². The first-order valence-electron chi connectivity index (χ1n) is 10.7. The molecule has 2 amide bonds. The Morgan fingerprint density at radius 2 is 1.74 bits per heavy atom. The van der Waals surface area contributed by atoms with Gasteiger partial charge in [-0.05, 0) is 38.0 Å². The van der Waals surface area contributed by atoms with E-state index in [1.165, 1.54) is 12.8 Å². The van der Waals surface area contributed by atoms with E-state index in [-0.39, 0.29) is 11.8 Å². The van der Waals surface area contributed by atoms with Gasteiger partial charge in [-0.15, -0.1) is 0 Å². The molecule has 2 aliphatic heterocycles. The topological polar surface area (TPSA) is 102 Å². The maximum absolute atomic E-state index is 13.2. The zero-order chi connectivity index (χ0) is 22.1. The summed E-state index contributed by atoms with van der Waals surface area (Å²) >= 11 is 0. The molecule has 31 heavy (non-hydrogen) atoms. The van der Waals surface area contributed by atoms with Gasteiger partial charge in [0.1, 0.15) is 0 Å². The highest BCUT2D eigenvalue weighted by Crippen LogP contribution is 2.35. The number of likely N-dealkylation sites (tertiary alicyclic amines) is 1. The number of nitrogens with zero attached hydrogens (tertiary/aromatic N) is 4. The van der Waals surface area contributed by atoms with Crippen molar-refractivity contribution in [2.24, 2.45) is 17.6 Å². The molecule has 3 heterocycles. The molecule has 0 aliphatic carbocycles. The number of methoxy groups -OCH3 is 1. The Morgan fingerprint density at radius 3 is 2.32 bits per heavy atom. The molecule has 2 aliphatic rings. The highest BCUT2D eigenvalue weighted by Gasteiger charge is 2.42.